The Morgan fingerprint density at radius 1 is 1.22 bits per heavy atom. The van der Waals surface area contributed by atoms with E-state index in [9.17, 15) is 18.0 Å². The van der Waals surface area contributed by atoms with Gasteiger partial charge in [0.15, 0.2) is 0 Å². The van der Waals surface area contributed by atoms with E-state index >= 15 is 0 Å². The van der Waals surface area contributed by atoms with Crippen LogP contribution < -0.4 is 0 Å². The van der Waals surface area contributed by atoms with Crippen molar-refractivity contribution in [2.45, 2.75) is 24.3 Å². The summed E-state index contributed by atoms with van der Waals surface area (Å²) in [4.78, 5) is 11.7. The second-order valence-corrected chi connectivity index (χ2v) is 5.44. The maximum atomic E-state index is 12.4. The van der Waals surface area contributed by atoms with Crippen LogP contribution >= 0.6 is 0 Å². The SMILES string of the molecule is C[Se]C(=O)C(C)(C#N)c1ccc(C(F)(F)F)cc1. The van der Waals surface area contributed by atoms with Crippen LogP contribution in [0.1, 0.15) is 18.1 Å². The molecule has 0 saturated heterocycles. The van der Waals surface area contributed by atoms with Gasteiger partial charge in [-0.2, -0.15) is 0 Å². The topological polar surface area (TPSA) is 40.9 Å². The Morgan fingerprint density at radius 3 is 2.00 bits per heavy atom. The van der Waals surface area contributed by atoms with E-state index in [-0.39, 0.29) is 19.6 Å². The molecule has 0 amide bonds. The molecule has 6 heteroatoms. The maximum absolute atomic E-state index is 12.4. The van der Waals surface area contributed by atoms with Crippen molar-refractivity contribution in [1.29, 1.82) is 5.26 Å². The molecule has 0 aromatic heterocycles. The Hall–Kier alpha value is -1.31. The summed E-state index contributed by atoms with van der Waals surface area (Å²) in [5.41, 5.74) is -1.86. The quantitative estimate of drug-likeness (QED) is 0.804. The molecule has 0 radical (unpaired) electrons. The van der Waals surface area contributed by atoms with Gasteiger partial charge < -0.3 is 0 Å². The number of nitrogens with zero attached hydrogens (tertiary/aromatic N) is 1. The average Bonchev–Trinajstić information content (AvgIpc) is 2.36. The van der Waals surface area contributed by atoms with Gasteiger partial charge in [0.25, 0.3) is 0 Å². The van der Waals surface area contributed by atoms with Crippen LogP contribution in [-0.2, 0) is 16.4 Å². The zero-order valence-electron chi connectivity index (χ0n) is 9.71. The molecule has 1 unspecified atom stereocenters. The van der Waals surface area contributed by atoms with Crippen LogP contribution in [0, 0.1) is 11.3 Å². The standard InChI is InChI=1S/C12H10F3NOSe/c1-11(7-16,10(17)18-2)8-3-5-9(6-4-8)12(13,14)15/h3-6H,1-2H3. The first-order chi connectivity index (χ1) is 8.25. The third-order valence-corrected chi connectivity index (χ3v) is 4.24. The van der Waals surface area contributed by atoms with Gasteiger partial charge in [-0.25, -0.2) is 0 Å². The monoisotopic (exact) mass is 321 g/mol. The van der Waals surface area contributed by atoms with Gasteiger partial charge in [-0.3, -0.25) is 0 Å². The summed E-state index contributed by atoms with van der Waals surface area (Å²) >= 11 is -0.382. The van der Waals surface area contributed by atoms with Crippen molar-refractivity contribution in [3.63, 3.8) is 0 Å². The number of hydrogen-bond acceptors (Lipinski definition) is 2. The molecule has 1 rings (SSSR count). The molecule has 0 N–H and O–H groups in total. The van der Waals surface area contributed by atoms with Crippen molar-refractivity contribution in [3.05, 3.63) is 35.4 Å². The summed E-state index contributed by atoms with van der Waals surface area (Å²) < 4.78 is 36.9. The van der Waals surface area contributed by atoms with Gasteiger partial charge >= 0.3 is 109 Å². The van der Waals surface area contributed by atoms with E-state index in [2.05, 4.69) is 0 Å². The van der Waals surface area contributed by atoms with Crippen molar-refractivity contribution < 1.29 is 18.0 Å². The molecule has 1 aromatic rings. The van der Waals surface area contributed by atoms with Crippen LogP contribution in [0.3, 0.4) is 0 Å². The second-order valence-electron chi connectivity index (χ2n) is 3.80. The van der Waals surface area contributed by atoms with Gasteiger partial charge in [0.2, 0.25) is 0 Å². The number of nitriles is 1. The summed E-state index contributed by atoms with van der Waals surface area (Å²) in [6, 6.07) is 6.05. The van der Waals surface area contributed by atoms with Crippen LogP contribution in [0.15, 0.2) is 24.3 Å². The van der Waals surface area contributed by atoms with Gasteiger partial charge in [-0.05, 0) is 0 Å². The predicted molar refractivity (Wildman–Crippen MR) is 61.0 cm³/mol. The molecule has 0 aliphatic rings. The molecule has 1 atom stereocenters. The molecule has 96 valence electrons. The van der Waals surface area contributed by atoms with Gasteiger partial charge in [-0.15, -0.1) is 0 Å². The zero-order chi connectivity index (χ0) is 14.0. The molecule has 0 saturated carbocycles. The van der Waals surface area contributed by atoms with E-state index in [1.54, 1.807) is 5.82 Å². The summed E-state index contributed by atoms with van der Waals surface area (Å²) in [6.07, 6.45) is -4.42. The molecule has 0 fully saturated rings. The van der Waals surface area contributed by atoms with Gasteiger partial charge in [0.1, 0.15) is 0 Å². The second kappa shape index (κ2) is 5.13. The minimum absolute atomic E-state index is 0.253. The zero-order valence-corrected chi connectivity index (χ0v) is 11.4. The number of halogens is 3. The minimum atomic E-state index is -4.42. The summed E-state index contributed by atoms with van der Waals surface area (Å²) in [7, 11) is 0. The summed E-state index contributed by atoms with van der Waals surface area (Å²) in [5, 5.41) is 9.09. The first kappa shape index (κ1) is 14.7. The fourth-order valence-electron chi connectivity index (χ4n) is 1.42. The number of hydrogen-bond donors (Lipinski definition) is 0. The van der Waals surface area contributed by atoms with E-state index in [1.165, 1.54) is 19.1 Å². The Kier molecular flexibility index (Phi) is 4.20. The summed E-state index contributed by atoms with van der Waals surface area (Å²) in [6.45, 7) is 1.43. The van der Waals surface area contributed by atoms with Crippen LogP contribution in [0.5, 0.6) is 0 Å². The first-order valence-corrected chi connectivity index (χ1v) is 7.50. The third-order valence-electron chi connectivity index (χ3n) is 2.61. The van der Waals surface area contributed by atoms with Crippen molar-refractivity contribution in [3.8, 4) is 6.07 Å². The fourth-order valence-corrected chi connectivity index (χ4v) is 2.62. The molecular formula is C12H10F3NOSe. The van der Waals surface area contributed by atoms with Gasteiger partial charge in [0.05, 0.1) is 0 Å². The molecule has 0 spiro atoms. The van der Waals surface area contributed by atoms with Crippen molar-refractivity contribution in [1.82, 2.24) is 0 Å². The normalized spacial score (nSPS) is 14.7. The number of benzene rings is 1. The Balaban J connectivity index is 3.20. The number of carbonyl (C=O) groups is 1. The molecule has 1 aromatic carbocycles. The van der Waals surface area contributed by atoms with Crippen LogP contribution in [-0.4, -0.2) is 19.6 Å². The fraction of sp³-hybridized carbons (Fsp3) is 0.333. The molecule has 0 bridgehead atoms. The van der Waals surface area contributed by atoms with E-state index in [0.717, 1.165) is 12.1 Å². The Labute approximate surface area is 109 Å². The van der Waals surface area contributed by atoms with Crippen molar-refractivity contribution >= 4 is 19.6 Å². The van der Waals surface area contributed by atoms with E-state index in [1.807, 2.05) is 6.07 Å². The third kappa shape index (κ3) is 2.74. The predicted octanol–water partition coefficient (Wildman–Crippen LogP) is 2.77. The van der Waals surface area contributed by atoms with Gasteiger partial charge in [0, 0.05) is 0 Å². The first-order valence-electron chi connectivity index (χ1n) is 4.93. The Morgan fingerprint density at radius 2 is 1.67 bits per heavy atom. The Bertz CT molecular complexity index is 490. The average molecular weight is 320 g/mol. The number of rotatable bonds is 3. The van der Waals surface area contributed by atoms with Crippen molar-refractivity contribution in [2.75, 3.05) is 0 Å². The molecular weight excluding hydrogens is 310 g/mol. The molecule has 0 aliphatic carbocycles. The van der Waals surface area contributed by atoms with Crippen LogP contribution in [0.2, 0.25) is 5.82 Å². The van der Waals surface area contributed by atoms with Gasteiger partial charge in [-0.1, -0.05) is 0 Å². The van der Waals surface area contributed by atoms with Crippen LogP contribution in [0.4, 0.5) is 13.2 Å². The molecule has 2 nitrogen and oxygen atoms in total. The molecule has 0 aliphatic heterocycles. The van der Waals surface area contributed by atoms with Crippen LogP contribution in [0.25, 0.3) is 0 Å². The molecule has 0 heterocycles. The number of alkyl halides is 3. The van der Waals surface area contributed by atoms with E-state index in [0.29, 0.717) is 5.56 Å². The number of carbonyl (C=O) groups excluding carboxylic acids is 1. The summed E-state index contributed by atoms with van der Waals surface area (Å²) in [5.74, 6) is 1.68. The molecule has 18 heavy (non-hydrogen) atoms. The van der Waals surface area contributed by atoms with Crippen molar-refractivity contribution in [2.24, 2.45) is 0 Å². The van der Waals surface area contributed by atoms with E-state index < -0.39 is 17.2 Å². The van der Waals surface area contributed by atoms with E-state index in [4.69, 9.17) is 5.26 Å².